The van der Waals surface area contributed by atoms with E-state index in [1.165, 1.54) is 6.07 Å². The molecule has 18 heavy (non-hydrogen) atoms. The lowest BCUT2D eigenvalue weighted by Gasteiger charge is -2.11. The van der Waals surface area contributed by atoms with Crippen LogP contribution in [0, 0.1) is 10.1 Å². The number of hydrogen-bond acceptors (Lipinski definition) is 5. The molecule has 0 radical (unpaired) electrons. The van der Waals surface area contributed by atoms with Crippen molar-refractivity contribution in [1.29, 1.82) is 0 Å². The highest BCUT2D eigenvalue weighted by molar-refractivity contribution is 5.39. The Morgan fingerprint density at radius 1 is 1.50 bits per heavy atom. The lowest BCUT2D eigenvalue weighted by molar-refractivity contribution is -0.385. The summed E-state index contributed by atoms with van der Waals surface area (Å²) in [7, 11) is 0. The maximum atomic E-state index is 10.8. The molecule has 1 rings (SSSR count). The first-order chi connectivity index (χ1) is 8.65. The fourth-order valence-corrected chi connectivity index (χ4v) is 1.52. The fourth-order valence-electron chi connectivity index (χ4n) is 1.52. The van der Waals surface area contributed by atoms with Crippen molar-refractivity contribution in [2.75, 3.05) is 19.8 Å². The van der Waals surface area contributed by atoms with Crippen molar-refractivity contribution in [3.63, 3.8) is 0 Å². The van der Waals surface area contributed by atoms with Crippen LogP contribution in [0.3, 0.4) is 0 Å². The predicted octanol–water partition coefficient (Wildman–Crippen LogP) is 1.08. The molecule has 0 aromatic heterocycles. The van der Waals surface area contributed by atoms with Gasteiger partial charge >= 0.3 is 0 Å². The molecule has 0 spiro atoms. The minimum Gasteiger partial charge on any atom is -0.389 e. The van der Waals surface area contributed by atoms with Crippen molar-refractivity contribution >= 4 is 5.69 Å². The number of aliphatic hydroxyl groups excluding tert-OH is 1. The minimum absolute atomic E-state index is 0.0873. The molecule has 6 nitrogen and oxygen atoms in total. The highest BCUT2D eigenvalue weighted by atomic mass is 16.6. The van der Waals surface area contributed by atoms with Crippen molar-refractivity contribution in [1.82, 2.24) is 5.32 Å². The summed E-state index contributed by atoms with van der Waals surface area (Å²) in [5.74, 6) is 0. The average Bonchev–Trinajstić information content (AvgIpc) is 2.36. The molecule has 0 bridgehead atoms. The predicted molar refractivity (Wildman–Crippen MR) is 67.3 cm³/mol. The molecule has 100 valence electrons. The Hall–Kier alpha value is -1.50. The molecule has 0 heterocycles. The summed E-state index contributed by atoms with van der Waals surface area (Å²) < 4.78 is 5.06. The quantitative estimate of drug-likeness (QED) is 0.535. The average molecular weight is 254 g/mol. The molecular weight excluding hydrogens is 236 g/mol. The van der Waals surface area contributed by atoms with E-state index in [0.29, 0.717) is 25.3 Å². The third-order valence-corrected chi connectivity index (χ3v) is 2.40. The fraction of sp³-hybridized carbons (Fsp3) is 0.500. The Labute approximate surface area is 106 Å². The van der Waals surface area contributed by atoms with Gasteiger partial charge in [-0.3, -0.25) is 10.1 Å². The molecule has 1 unspecified atom stereocenters. The van der Waals surface area contributed by atoms with Crippen molar-refractivity contribution in [3.8, 4) is 0 Å². The number of ether oxygens (including phenoxy) is 1. The molecular formula is C12H18N2O4. The molecule has 2 N–H and O–H groups in total. The molecule has 0 amide bonds. The summed E-state index contributed by atoms with van der Waals surface area (Å²) in [6.07, 6.45) is -0.604. The van der Waals surface area contributed by atoms with Crippen molar-refractivity contribution in [2.24, 2.45) is 0 Å². The van der Waals surface area contributed by atoms with E-state index in [-0.39, 0.29) is 12.3 Å². The molecule has 0 saturated carbocycles. The number of para-hydroxylation sites is 1. The summed E-state index contributed by atoms with van der Waals surface area (Å²) in [5.41, 5.74) is 0.690. The first kappa shape index (κ1) is 14.6. The molecule has 0 fully saturated rings. The van der Waals surface area contributed by atoms with E-state index in [1.54, 1.807) is 18.2 Å². The lowest BCUT2D eigenvalue weighted by atomic mass is 10.2. The van der Waals surface area contributed by atoms with Crippen LogP contribution >= 0.6 is 0 Å². The topological polar surface area (TPSA) is 84.6 Å². The van der Waals surface area contributed by atoms with Gasteiger partial charge in [0, 0.05) is 31.3 Å². The van der Waals surface area contributed by atoms with Gasteiger partial charge in [0.2, 0.25) is 0 Å². The molecule has 1 aromatic rings. The molecule has 6 heteroatoms. The van der Waals surface area contributed by atoms with Gasteiger partial charge in [-0.15, -0.1) is 0 Å². The molecule has 0 aliphatic carbocycles. The third-order valence-electron chi connectivity index (χ3n) is 2.40. The lowest BCUT2D eigenvalue weighted by Crippen LogP contribution is -2.30. The highest BCUT2D eigenvalue weighted by Crippen LogP contribution is 2.16. The van der Waals surface area contributed by atoms with Gasteiger partial charge in [0.1, 0.15) is 0 Å². The summed E-state index contributed by atoms with van der Waals surface area (Å²) in [6.45, 7) is 3.36. The first-order valence-corrected chi connectivity index (χ1v) is 5.84. The van der Waals surface area contributed by atoms with E-state index in [2.05, 4.69) is 5.32 Å². The van der Waals surface area contributed by atoms with E-state index in [1.807, 2.05) is 6.92 Å². The Morgan fingerprint density at radius 2 is 2.22 bits per heavy atom. The largest absolute Gasteiger partial charge is 0.389 e. The van der Waals surface area contributed by atoms with Crippen LogP contribution in [0.2, 0.25) is 0 Å². The van der Waals surface area contributed by atoms with Crippen LogP contribution in [0.1, 0.15) is 12.5 Å². The summed E-state index contributed by atoms with van der Waals surface area (Å²) >= 11 is 0. The van der Waals surface area contributed by atoms with Crippen LogP contribution in [0.25, 0.3) is 0 Å². The first-order valence-electron chi connectivity index (χ1n) is 5.84. The smallest absolute Gasteiger partial charge is 0.273 e. The minimum atomic E-state index is -0.604. The summed E-state index contributed by atoms with van der Waals surface area (Å²) in [5, 5.41) is 23.3. The number of hydrogen-bond donors (Lipinski definition) is 2. The van der Waals surface area contributed by atoms with E-state index in [9.17, 15) is 15.2 Å². The molecule has 1 atom stereocenters. The van der Waals surface area contributed by atoms with Gasteiger partial charge in [0.05, 0.1) is 17.6 Å². The number of aliphatic hydroxyl groups is 1. The number of nitro benzene ring substituents is 1. The Bertz CT molecular complexity index is 384. The summed E-state index contributed by atoms with van der Waals surface area (Å²) in [4.78, 5) is 10.4. The summed E-state index contributed by atoms with van der Waals surface area (Å²) in [6, 6.07) is 6.54. The van der Waals surface area contributed by atoms with Gasteiger partial charge in [0.15, 0.2) is 0 Å². The van der Waals surface area contributed by atoms with Gasteiger partial charge in [-0.2, -0.15) is 0 Å². The zero-order valence-electron chi connectivity index (χ0n) is 10.3. The van der Waals surface area contributed by atoms with Gasteiger partial charge in [-0.1, -0.05) is 18.2 Å². The molecule has 0 aliphatic rings. The van der Waals surface area contributed by atoms with E-state index in [0.717, 1.165) is 0 Å². The maximum Gasteiger partial charge on any atom is 0.273 e. The highest BCUT2D eigenvalue weighted by Gasteiger charge is 2.12. The molecule has 0 saturated heterocycles. The molecule has 0 aliphatic heterocycles. The maximum absolute atomic E-state index is 10.8. The standard InChI is InChI=1S/C12H18N2O4/c1-2-18-9-11(15)8-13-7-10-5-3-4-6-12(10)14(16)17/h3-6,11,13,15H,2,7-9H2,1H3. The van der Waals surface area contributed by atoms with Gasteiger partial charge in [-0.05, 0) is 6.92 Å². The zero-order valence-corrected chi connectivity index (χ0v) is 10.3. The Morgan fingerprint density at radius 3 is 2.89 bits per heavy atom. The number of rotatable bonds is 8. The third kappa shape index (κ3) is 4.79. The van der Waals surface area contributed by atoms with Crippen LogP contribution in [0.4, 0.5) is 5.69 Å². The van der Waals surface area contributed by atoms with Crippen LogP contribution in [-0.2, 0) is 11.3 Å². The number of nitro groups is 1. The van der Waals surface area contributed by atoms with E-state index < -0.39 is 11.0 Å². The second-order valence-electron chi connectivity index (χ2n) is 3.83. The number of benzene rings is 1. The monoisotopic (exact) mass is 254 g/mol. The molecule has 1 aromatic carbocycles. The van der Waals surface area contributed by atoms with E-state index >= 15 is 0 Å². The van der Waals surface area contributed by atoms with Gasteiger partial charge < -0.3 is 15.2 Å². The van der Waals surface area contributed by atoms with Crippen molar-refractivity contribution < 1.29 is 14.8 Å². The number of nitrogens with zero attached hydrogens (tertiary/aromatic N) is 1. The number of nitrogens with one attached hydrogen (secondary N) is 1. The second-order valence-corrected chi connectivity index (χ2v) is 3.83. The Balaban J connectivity index is 2.41. The van der Waals surface area contributed by atoms with Crippen LogP contribution in [0.15, 0.2) is 24.3 Å². The van der Waals surface area contributed by atoms with Gasteiger partial charge in [0.25, 0.3) is 5.69 Å². The SMILES string of the molecule is CCOCC(O)CNCc1ccccc1[N+](=O)[O-]. The normalized spacial score (nSPS) is 12.3. The zero-order chi connectivity index (χ0) is 13.4. The Kier molecular flexibility index (Phi) is 6.27. The van der Waals surface area contributed by atoms with Crippen molar-refractivity contribution in [3.05, 3.63) is 39.9 Å². The van der Waals surface area contributed by atoms with Crippen molar-refractivity contribution in [2.45, 2.75) is 19.6 Å². The van der Waals surface area contributed by atoms with Crippen LogP contribution < -0.4 is 5.32 Å². The van der Waals surface area contributed by atoms with Crippen LogP contribution in [-0.4, -0.2) is 35.9 Å². The van der Waals surface area contributed by atoms with E-state index in [4.69, 9.17) is 4.74 Å². The van der Waals surface area contributed by atoms with Crippen LogP contribution in [0.5, 0.6) is 0 Å². The second kappa shape index (κ2) is 7.75. The van der Waals surface area contributed by atoms with Gasteiger partial charge in [-0.25, -0.2) is 0 Å².